The number of carbonyl (C=O) groups excluding carboxylic acids is 1. The maximum absolute atomic E-state index is 11.7. The van der Waals surface area contributed by atoms with E-state index in [0.717, 1.165) is 0 Å². The summed E-state index contributed by atoms with van der Waals surface area (Å²) < 4.78 is 0. The first-order valence-electron chi connectivity index (χ1n) is 5.50. The van der Waals surface area contributed by atoms with Gasteiger partial charge in [-0.25, -0.2) is 0 Å². The summed E-state index contributed by atoms with van der Waals surface area (Å²) in [6.07, 6.45) is 0. The number of nitrogens with one attached hydrogen (secondary N) is 2. The summed E-state index contributed by atoms with van der Waals surface area (Å²) in [6, 6.07) is 2.07. The largest absolute Gasteiger partial charge is 0.348 e. The molecule has 0 bridgehead atoms. The van der Waals surface area contributed by atoms with Crippen molar-refractivity contribution < 1.29 is 4.79 Å². The van der Waals surface area contributed by atoms with Crippen LogP contribution in [-0.4, -0.2) is 19.0 Å². The number of carbonyl (C=O) groups is 1. The molecule has 1 aromatic heterocycles. The van der Waals surface area contributed by atoms with Crippen LogP contribution >= 0.6 is 11.3 Å². The van der Waals surface area contributed by atoms with Crippen molar-refractivity contribution in [1.29, 1.82) is 0 Å². The van der Waals surface area contributed by atoms with Gasteiger partial charge in [-0.3, -0.25) is 4.79 Å². The maximum atomic E-state index is 11.7. The minimum Gasteiger partial charge on any atom is -0.348 e. The van der Waals surface area contributed by atoms with E-state index in [0.29, 0.717) is 0 Å². The Kier molecular flexibility index (Phi) is 4.50. The SMILES string of the molecule is CNC(C)C(=O)NC(C)c1cc(C)sc1C. The quantitative estimate of drug-likeness (QED) is 0.846. The highest BCUT2D eigenvalue weighted by Crippen LogP contribution is 2.25. The third-order valence-electron chi connectivity index (χ3n) is 2.73. The summed E-state index contributed by atoms with van der Waals surface area (Å²) in [5.74, 6) is 0.0400. The second-order valence-corrected chi connectivity index (χ2v) is 5.57. The molecule has 0 saturated heterocycles. The van der Waals surface area contributed by atoms with Crippen molar-refractivity contribution in [2.75, 3.05) is 7.05 Å². The van der Waals surface area contributed by atoms with Crippen LogP contribution in [-0.2, 0) is 4.79 Å². The van der Waals surface area contributed by atoms with Gasteiger partial charge in [0.05, 0.1) is 12.1 Å². The Morgan fingerprint density at radius 3 is 2.44 bits per heavy atom. The van der Waals surface area contributed by atoms with Crippen LogP contribution in [0.15, 0.2) is 6.07 Å². The number of hydrogen-bond donors (Lipinski definition) is 2. The first kappa shape index (κ1) is 13.2. The van der Waals surface area contributed by atoms with Gasteiger partial charge in [-0.2, -0.15) is 0 Å². The molecule has 2 N–H and O–H groups in total. The average molecular weight is 240 g/mol. The number of thiophene rings is 1. The molecule has 0 spiro atoms. The number of rotatable bonds is 4. The van der Waals surface area contributed by atoms with E-state index in [2.05, 4.69) is 30.5 Å². The molecule has 90 valence electrons. The first-order valence-corrected chi connectivity index (χ1v) is 6.32. The van der Waals surface area contributed by atoms with Gasteiger partial charge in [0.1, 0.15) is 0 Å². The molecule has 0 aliphatic heterocycles. The molecule has 0 radical (unpaired) electrons. The van der Waals surface area contributed by atoms with Crippen molar-refractivity contribution in [3.8, 4) is 0 Å². The van der Waals surface area contributed by atoms with Gasteiger partial charge in [0, 0.05) is 9.75 Å². The molecule has 0 aliphatic carbocycles. The Balaban J connectivity index is 2.69. The van der Waals surface area contributed by atoms with E-state index in [-0.39, 0.29) is 18.0 Å². The van der Waals surface area contributed by atoms with E-state index in [4.69, 9.17) is 0 Å². The van der Waals surface area contributed by atoms with Gasteiger partial charge in [0.2, 0.25) is 5.91 Å². The van der Waals surface area contributed by atoms with Crippen LogP contribution in [0.1, 0.15) is 35.2 Å². The minimum atomic E-state index is -0.150. The second-order valence-electron chi connectivity index (χ2n) is 4.11. The van der Waals surface area contributed by atoms with E-state index in [1.807, 2.05) is 13.8 Å². The van der Waals surface area contributed by atoms with Crippen LogP contribution in [0.4, 0.5) is 0 Å². The van der Waals surface area contributed by atoms with Crippen LogP contribution < -0.4 is 10.6 Å². The molecule has 1 aromatic rings. The van der Waals surface area contributed by atoms with Gasteiger partial charge in [0.25, 0.3) is 0 Å². The van der Waals surface area contributed by atoms with Crippen LogP contribution in [0.3, 0.4) is 0 Å². The summed E-state index contributed by atoms with van der Waals surface area (Å²) >= 11 is 1.77. The van der Waals surface area contributed by atoms with Crippen LogP contribution in [0, 0.1) is 13.8 Å². The molecule has 1 amide bonds. The van der Waals surface area contributed by atoms with Gasteiger partial charge in [-0.05, 0) is 46.4 Å². The summed E-state index contributed by atoms with van der Waals surface area (Å²) in [5.41, 5.74) is 1.22. The molecular formula is C12H20N2OS. The topological polar surface area (TPSA) is 41.1 Å². The lowest BCUT2D eigenvalue weighted by Crippen LogP contribution is -2.41. The Morgan fingerprint density at radius 1 is 1.38 bits per heavy atom. The smallest absolute Gasteiger partial charge is 0.237 e. The molecular weight excluding hydrogens is 220 g/mol. The van der Waals surface area contributed by atoms with Gasteiger partial charge >= 0.3 is 0 Å². The minimum absolute atomic E-state index is 0.0400. The summed E-state index contributed by atoms with van der Waals surface area (Å²) in [4.78, 5) is 14.3. The third-order valence-corrected chi connectivity index (χ3v) is 3.71. The summed E-state index contributed by atoms with van der Waals surface area (Å²) in [6.45, 7) is 8.06. The highest BCUT2D eigenvalue weighted by molar-refractivity contribution is 7.12. The molecule has 0 fully saturated rings. The molecule has 3 nitrogen and oxygen atoms in total. The van der Waals surface area contributed by atoms with E-state index < -0.39 is 0 Å². The van der Waals surface area contributed by atoms with Crippen LogP contribution in [0.5, 0.6) is 0 Å². The van der Waals surface area contributed by atoms with Crippen molar-refractivity contribution >= 4 is 17.2 Å². The maximum Gasteiger partial charge on any atom is 0.237 e. The van der Waals surface area contributed by atoms with Crippen molar-refractivity contribution in [2.24, 2.45) is 0 Å². The first-order chi connectivity index (χ1) is 7.45. The van der Waals surface area contributed by atoms with Gasteiger partial charge in [-0.15, -0.1) is 11.3 Å². The van der Waals surface area contributed by atoms with Crippen molar-refractivity contribution in [1.82, 2.24) is 10.6 Å². The molecule has 0 saturated carbocycles. The molecule has 16 heavy (non-hydrogen) atoms. The lowest BCUT2D eigenvalue weighted by Gasteiger charge is -2.17. The van der Waals surface area contributed by atoms with Crippen LogP contribution in [0.25, 0.3) is 0 Å². The van der Waals surface area contributed by atoms with E-state index in [1.165, 1.54) is 15.3 Å². The fourth-order valence-corrected chi connectivity index (χ4v) is 2.65. The average Bonchev–Trinajstić information content (AvgIpc) is 2.56. The number of amides is 1. The molecule has 0 aliphatic rings. The van der Waals surface area contributed by atoms with Gasteiger partial charge < -0.3 is 10.6 Å². The molecule has 0 aromatic carbocycles. The Labute approximate surface area is 101 Å². The molecule has 2 unspecified atom stereocenters. The number of hydrogen-bond acceptors (Lipinski definition) is 3. The summed E-state index contributed by atoms with van der Waals surface area (Å²) in [7, 11) is 1.79. The Morgan fingerprint density at radius 2 is 2.00 bits per heavy atom. The zero-order valence-corrected chi connectivity index (χ0v) is 11.4. The molecule has 2 atom stereocenters. The molecule has 1 heterocycles. The van der Waals surface area contributed by atoms with Crippen molar-refractivity contribution in [3.63, 3.8) is 0 Å². The monoisotopic (exact) mass is 240 g/mol. The normalized spacial score (nSPS) is 14.6. The standard InChI is InChI=1S/C12H20N2OS/c1-7-6-11(10(4)16-7)8(2)14-12(15)9(3)13-5/h6,8-9,13H,1-5H3,(H,14,15). The lowest BCUT2D eigenvalue weighted by molar-refractivity contribution is -0.123. The molecule has 4 heteroatoms. The fraction of sp³-hybridized carbons (Fsp3) is 0.583. The fourth-order valence-electron chi connectivity index (χ4n) is 1.63. The van der Waals surface area contributed by atoms with E-state index >= 15 is 0 Å². The Hall–Kier alpha value is -0.870. The van der Waals surface area contributed by atoms with Gasteiger partial charge in [0.15, 0.2) is 0 Å². The lowest BCUT2D eigenvalue weighted by atomic mass is 10.1. The zero-order chi connectivity index (χ0) is 12.3. The third kappa shape index (κ3) is 3.06. The predicted octanol–water partition coefficient (Wildman–Crippen LogP) is 2.15. The van der Waals surface area contributed by atoms with E-state index in [1.54, 1.807) is 18.4 Å². The highest BCUT2D eigenvalue weighted by atomic mass is 32.1. The highest BCUT2D eigenvalue weighted by Gasteiger charge is 2.16. The van der Waals surface area contributed by atoms with E-state index in [9.17, 15) is 4.79 Å². The zero-order valence-electron chi connectivity index (χ0n) is 10.5. The summed E-state index contributed by atoms with van der Waals surface area (Å²) in [5, 5.41) is 5.94. The Bertz CT molecular complexity index is 373. The molecule has 1 rings (SSSR count). The van der Waals surface area contributed by atoms with Crippen molar-refractivity contribution in [3.05, 3.63) is 21.4 Å². The number of aryl methyl sites for hydroxylation is 2. The number of likely N-dealkylation sites (N-methyl/N-ethyl adjacent to an activating group) is 1. The van der Waals surface area contributed by atoms with Gasteiger partial charge in [-0.1, -0.05) is 0 Å². The van der Waals surface area contributed by atoms with Crippen LogP contribution in [0.2, 0.25) is 0 Å². The van der Waals surface area contributed by atoms with Crippen molar-refractivity contribution in [2.45, 2.75) is 39.8 Å². The second kappa shape index (κ2) is 5.46. The predicted molar refractivity (Wildman–Crippen MR) is 68.9 cm³/mol.